The van der Waals surface area contributed by atoms with Crippen LogP contribution in [0, 0.1) is 0 Å². The normalized spacial score (nSPS) is 14.0. The number of piperazine rings is 1. The van der Waals surface area contributed by atoms with Crippen molar-refractivity contribution in [2.75, 3.05) is 41.3 Å². The zero-order chi connectivity index (χ0) is 19.3. The van der Waals surface area contributed by atoms with E-state index in [1.54, 1.807) is 18.3 Å². The lowest BCUT2D eigenvalue weighted by Gasteiger charge is -2.37. The fourth-order valence-corrected chi connectivity index (χ4v) is 3.53. The molecule has 0 saturated carbocycles. The second-order valence-electron chi connectivity index (χ2n) is 6.68. The molecular weight excluding hydrogens is 372 g/mol. The van der Waals surface area contributed by atoms with Crippen molar-refractivity contribution in [3.8, 4) is 0 Å². The summed E-state index contributed by atoms with van der Waals surface area (Å²) in [5.74, 6) is -0.217. The summed E-state index contributed by atoms with van der Waals surface area (Å²) < 4.78 is 0. The van der Waals surface area contributed by atoms with E-state index in [9.17, 15) is 4.79 Å². The Balaban J connectivity index is 1.43. The maximum Gasteiger partial charge on any atom is 0.257 e. The topological polar surface area (TPSA) is 48.5 Å². The zero-order valence-corrected chi connectivity index (χ0v) is 16.1. The lowest BCUT2D eigenvalue weighted by Crippen LogP contribution is -2.46. The van der Waals surface area contributed by atoms with Crippen molar-refractivity contribution in [1.82, 2.24) is 4.98 Å². The van der Waals surface area contributed by atoms with Crippen LogP contribution in [0.4, 0.5) is 17.1 Å². The first-order chi connectivity index (χ1) is 13.7. The standard InChI is InChI=1S/C22H21ClN4O/c23-20-8-4-5-9-21(20)25-22(28)17-14-19(16-24-15-17)27-12-10-26(11-13-27)18-6-2-1-3-7-18/h1-9,14-16H,10-13H2,(H,25,28). The highest BCUT2D eigenvalue weighted by Gasteiger charge is 2.19. The molecule has 2 aromatic carbocycles. The van der Waals surface area contributed by atoms with Gasteiger partial charge in [0.2, 0.25) is 0 Å². The third kappa shape index (κ3) is 4.10. The Morgan fingerprint density at radius 3 is 2.21 bits per heavy atom. The van der Waals surface area contributed by atoms with E-state index in [4.69, 9.17) is 11.6 Å². The van der Waals surface area contributed by atoms with E-state index in [1.165, 1.54) is 5.69 Å². The summed E-state index contributed by atoms with van der Waals surface area (Å²) in [6.45, 7) is 3.62. The van der Waals surface area contributed by atoms with Gasteiger partial charge < -0.3 is 15.1 Å². The molecule has 5 nitrogen and oxygen atoms in total. The van der Waals surface area contributed by atoms with Crippen LogP contribution in [0.3, 0.4) is 0 Å². The number of amides is 1. The van der Waals surface area contributed by atoms with Crippen molar-refractivity contribution in [3.05, 3.63) is 83.6 Å². The van der Waals surface area contributed by atoms with Gasteiger partial charge in [0, 0.05) is 38.1 Å². The minimum Gasteiger partial charge on any atom is -0.368 e. The van der Waals surface area contributed by atoms with Crippen molar-refractivity contribution in [1.29, 1.82) is 0 Å². The molecule has 3 aromatic rings. The van der Waals surface area contributed by atoms with Crippen LogP contribution < -0.4 is 15.1 Å². The predicted molar refractivity (Wildman–Crippen MR) is 115 cm³/mol. The van der Waals surface area contributed by atoms with Gasteiger partial charge in [-0.3, -0.25) is 9.78 Å². The highest BCUT2D eigenvalue weighted by molar-refractivity contribution is 6.33. The second-order valence-corrected chi connectivity index (χ2v) is 7.08. The molecule has 1 aliphatic heterocycles. The van der Waals surface area contributed by atoms with Gasteiger partial charge in [-0.25, -0.2) is 0 Å². The summed E-state index contributed by atoms with van der Waals surface area (Å²) in [7, 11) is 0. The molecule has 0 atom stereocenters. The Morgan fingerprint density at radius 1 is 0.857 bits per heavy atom. The van der Waals surface area contributed by atoms with Crippen LogP contribution >= 0.6 is 11.6 Å². The van der Waals surface area contributed by atoms with Crippen molar-refractivity contribution in [2.24, 2.45) is 0 Å². The van der Waals surface area contributed by atoms with E-state index in [0.717, 1.165) is 31.9 Å². The van der Waals surface area contributed by atoms with Crippen LogP contribution in [0.1, 0.15) is 10.4 Å². The second kappa shape index (κ2) is 8.31. The van der Waals surface area contributed by atoms with Crippen molar-refractivity contribution < 1.29 is 4.79 Å². The SMILES string of the molecule is O=C(Nc1ccccc1Cl)c1cncc(N2CCN(c3ccccc3)CC2)c1. The molecule has 0 radical (unpaired) electrons. The van der Waals surface area contributed by atoms with Crippen LogP contribution in [-0.2, 0) is 0 Å². The molecule has 0 bridgehead atoms. The Morgan fingerprint density at radius 2 is 1.50 bits per heavy atom. The number of rotatable bonds is 4. The van der Waals surface area contributed by atoms with Gasteiger partial charge in [0.1, 0.15) is 0 Å². The van der Waals surface area contributed by atoms with E-state index >= 15 is 0 Å². The molecular formula is C22H21ClN4O. The first kappa shape index (κ1) is 18.3. The average Bonchev–Trinajstić information content (AvgIpc) is 2.76. The molecule has 6 heteroatoms. The monoisotopic (exact) mass is 392 g/mol. The molecule has 0 unspecified atom stereocenters. The molecule has 28 heavy (non-hydrogen) atoms. The van der Waals surface area contributed by atoms with Crippen LogP contribution in [0.5, 0.6) is 0 Å². The number of para-hydroxylation sites is 2. The van der Waals surface area contributed by atoms with Gasteiger partial charge in [-0.1, -0.05) is 41.9 Å². The van der Waals surface area contributed by atoms with Gasteiger partial charge in [-0.05, 0) is 30.3 Å². The van der Waals surface area contributed by atoms with Crippen LogP contribution in [0.15, 0.2) is 73.1 Å². The molecule has 1 N–H and O–H groups in total. The molecule has 1 saturated heterocycles. The fraction of sp³-hybridized carbons (Fsp3) is 0.182. The van der Waals surface area contributed by atoms with Gasteiger partial charge in [0.25, 0.3) is 5.91 Å². The third-order valence-electron chi connectivity index (χ3n) is 4.87. The summed E-state index contributed by atoms with van der Waals surface area (Å²) in [5, 5.41) is 3.36. The Labute approximate surface area is 169 Å². The number of hydrogen-bond acceptors (Lipinski definition) is 4. The summed E-state index contributed by atoms with van der Waals surface area (Å²) in [6, 6.07) is 19.5. The summed E-state index contributed by atoms with van der Waals surface area (Å²) in [6.07, 6.45) is 3.39. The van der Waals surface area contributed by atoms with Crippen LogP contribution in [0.25, 0.3) is 0 Å². The first-order valence-corrected chi connectivity index (χ1v) is 9.64. The predicted octanol–water partition coefficient (Wildman–Crippen LogP) is 4.31. The molecule has 0 aliphatic carbocycles. The zero-order valence-electron chi connectivity index (χ0n) is 15.4. The number of hydrogen-bond donors (Lipinski definition) is 1. The number of nitrogens with one attached hydrogen (secondary N) is 1. The maximum atomic E-state index is 12.6. The number of halogens is 1. The minimum absolute atomic E-state index is 0.217. The highest BCUT2D eigenvalue weighted by atomic mass is 35.5. The van der Waals surface area contributed by atoms with Gasteiger partial charge >= 0.3 is 0 Å². The van der Waals surface area contributed by atoms with Gasteiger partial charge in [-0.15, -0.1) is 0 Å². The molecule has 142 valence electrons. The molecule has 0 spiro atoms. The van der Waals surface area contributed by atoms with E-state index in [0.29, 0.717) is 16.3 Å². The van der Waals surface area contributed by atoms with Crippen LogP contribution in [-0.4, -0.2) is 37.1 Å². The van der Waals surface area contributed by atoms with Crippen molar-refractivity contribution in [2.45, 2.75) is 0 Å². The van der Waals surface area contributed by atoms with Gasteiger partial charge in [0.15, 0.2) is 0 Å². The number of carbonyl (C=O) groups is 1. The molecule has 1 amide bonds. The number of anilines is 3. The van der Waals surface area contributed by atoms with Crippen LogP contribution in [0.2, 0.25) is 5.02 Å². The Hall–Kier alpha value is -3.05. The molecule has 1 fully saturated rings. The quantitative estimate of drug-likeness (QED) is 0.718. The Kier molecular flexibility index (Phi) is 5.44. The highest BCUT2D eigenvalue weighted by Crippen LogP contribution is 2.23. The molecule has 1 aromatic heterocycles. The average molecular weight is 393 g/mol. The number of aromatic nitrogens is 1. The van der Waals surface area contributed by atoms with Crippen molar-refractivity contribution >= 4 is 34.6 Å². The molecule has 2 heterocycles. The minimum atomic E-state index is -0.217. The number of nitrogens with zero attached hydrogens (tertiary/aromatic N) is 3. The number of benzene rings is 2. The largest absolute Gasteiger partial charge is 0.368 e. The number of carbonyl (C=O) groups excluding carboxylic acids is 1. The number of pyridine rings is 1. The summed E-state index contributed by atoms with van der Waals surface area (Å²) in [4.78, 5) is 21.5. The smallest absolute Gasteiger partial charge is 0.257 e. The third-order valence-corrected chi connectivity index (χ3v) is 5.20. The van der Waals surface area contributed by atoms with E-state index in [-0.39, 0.29) is 5.91 Å². The first-order valence-electron chi connectivity index (χ1n) is 9.26. The van der Waals surface area contributed by atoms with Gasteiger partial charge in [-0.2, -0.15) is 0 Å². The fourth-order valence-electron chi connectivity index (χ4n) is 3.34. The van der Waals surface area contributed by atoms with E-state index < -0.39 is 0 Å². The molecule has 4 rings (SSSR count). The Bertz CT molecular complexity index is 956. The maximum absolute atomic E-state index is 12.6. The lowest BCUT2D eigenvalue weighted by molar-refractivity contribution is 0.102. The van der Waals surface area contributed by atoms with E-state index in [1.807, 2.05) is 30.5 Å². The lowest BCUT2D eigenvalue weighted by atomic mass is 10.2. The molecule has 1 aliphatic rings. The van der Waals surface area contributed by atoms with Gasteiger partial charge in [0.05, 0.1) is 28.2 Å². The summed E-state index contributed by atoms with van der Waals surface area (Å²) in [5.41, 5.74) is 3.31. The van der Waals surface area contributed by atoms with Crippen molar-refractivity contribution in [3.63, 3.8) is 0 Å². The van der Waals surface area contributed by atoms with E-state index in [2.05, 4.69) is 44.4 Å². The summed E-state index contributed by atoms with van der Waals surface area (Å²) >= 11 is 6.13.